The van der Waals surface area contributed by atoms with E-state index in [9.17, 15) is 9.59 Å². The second-order valence-corrected chi connectivity index (χ2v) is 5.70. The molecule has 2 heterocycles. The third-order valence-corrected chi connectivity index (χ3v) is 3.96. The number of pyridine rings is 1. The Bertz CT molecular complexity index is 1070. The number of aromatic nitrogens is 1. The van der Waals surface area contributed by atoms with Gasteiger partial charge >= 0.3 is 0 Å². The minimum absolute atomic E-state index is 0.277. The monoisotopic (exact) mass is 349 g/mol. The van der Waals surface area contributed by atoms with Crippen molar-refractivity contribution in [1.29, 1.82) is 0 Å². The number of rotatable bonds is 3. The average Bonchev–Trinajstić information content (AvgIpc) is 2.68. The van der Waals surface area contributed by atoms with Crippen LogP contribution in [0.4, 0.5) is 0 Å². The Hall–Kier alpha value is -3.61. The molecule has 7 heteroatoms. The summed E-state index contributed by atoms with van der Waals surface area (Å²) >= 11 is 0. The van der Waals surface area contributed by atoms with E-state index in [4.69, 9.17) is 9.47 Å². The van der Waals surface area contributed by atoms with Gasteiger partial charge in [0.2, 0.25) is 0 Å². The second kappa shape index (κ2) is 6.72. The van der Waals surface area contributed by atoms with Crippen LogP contribution in [0.25, 0.3) is 10.9 Å². The van der Waals surface area contributed by atoms with Gasteiger partial charge in [0, 0.05) is 11.1 Å². The molecule has 0 radical (unpaired) electrons. The number of nitrogens with one attached hydrogen (secondary N) is 2. The number of fused-ring (bicyclic) bond motifs is 2. The fraction of sp³-hybridized carbons (Fsp3) is 0.105. The predicted molar refractivity (Wildman–Crippen MR) is 97.1 cm³/mol. The van der Waals surface area contributed by atoms with Crippen LogP contribution in [0.5, 0.6) is 11.5 Å². The number of nitrogens with zero attached hydrogens (tertiary/aromatic N) is 1. The number of H-pyrrole nitrogens is 1. The molecule has 4 rings (SSSR count). The molecule has 1 aromatic heterocycles. The number of hydrazone groups is 1. The van der Waals surface area contributed by atoms with Crippen molar-refractivity contribution in [2.45, 2.75) is 0 Å². The maximum Gasteiger partial charge on any atom is 0.271 e. The van der Waals surface area contributed by atoms with E-state index in [1.807, 2.05) is 24.3 Å². The first-order valence-corrected chi connectivity index (χ1v) is 8.06. The summed E-state index contributed by atoms with van der Waals surface area (Å²) in [7, 11) is 0. The molecule has 0 aliphatic carbocycles. The van der Waals surface area contributed by atoms with Crippen LogP contribution in [0.3, 0.4) is 0 Å². The highest BCUT2D eigenvalue weighted by Gasteiger charge is 2.14. The molecule has 2 N–H and O–H groups in total. The van der Waals surface area contributed by atoms with Crippen molar-refractivity contribution in [3.63, 3.8) is 0 Å². The summed E-state index contributed by atoms with van der Waals surface area (Å²) in [5, 5.41) is 4.76. The van der Waals surface area contributed by atoms with Gasteiger partial charge in [0.05, 0.1) is 11.8 Å². The third-order valence-electron chi connectivity index (χ3n) is 3.96. The van der Waals surface area contributed by atoms with Crippen LogP contribution in [0.15, 0.2) is 58.4 Å². The SMILES string of the molecule is O=C(N/N=C\c1cc2ccccc2[nH]c1=O)c1ccc2c(c1)OCCO2. The van der Waals surface area contributed by atoms with Gasteiger partial charge < -0.3 is 14.5 Å². The molecule has 0 spiro atoms. The minimum Gasteiger partial charge on any atom is -0.486 e. The number of hydrogen-bond acceptors (Lipinski definition) is 5. The van der Waals surface area contributed by atoms with Crippen LogP contribution in [0.1, 0.15) is 15.9 Å². The van der Waals surface area contributed by atoms with Gasteiger partial charge in [-0.2, -0.15) is 5.10 Å². The summed E-state index contributed by atoms with van der Waals surface area (Å²) in [5.74, 6) is 0.730. The highest BCUT2D eigenvalue weighted by atomic mass is 16.6. The van der Waals surface area contributed by atoms with Gasteiger partial charge in [-0.3, -0.25) is 9.59 Å². The number of hydrogen-bond donors (Lipinski definition) is 2. The number of amides is 1. The summed E-state index contributed by atoms with van der Waals surface area (Å²) < 4.78 is 10.9. The minimum atomic E-state index is -0.407. The number of benzene rings is 2. The van der Waals surface area contributed by atoms with E-state index < -0.39 is 5.91 Å². The lowest BCUT2D eigenvalue weighted by atomic mass is 10.2. The van der Waals surface area contributed by atoms with Crippen LogP contribution in [-0.4, -0.2) is 30.3 Å². The van der Waals surface area contributed by atoms with E-state index in [1.165, 1.54) is 6.21 Å². The Kier molecular flexibility index (Phi) is 4.10. The topological polar surface area (TPSA) is 92.8 Å². The first kappa shape index (κ1) is 15.9. The predicted octanol–water partition coefficient (Wildman–Crippen LogP) is 2.06. The Morgan fingerprint density at radius 2 is 1.88 bits per heavy atom. The van der Waals surface area contributed by atoms with Crippen molar-refractivity contribution < 1.29 is 14.3 Å². The third kappa shape index (κ3) is 3.14. The number of para-hydroxylation sites is 1. The zero-order valence-corrected chi connectivity index (χ0v) is 13.7. The van der Waals surface area contributed by atoms with Crippen molar-refractivity contribution in [3.8, 4) is 11.5 Å². The van der Waals surface area contributed by atoms with Gasteiger partial charge in [-0.05, 0) is 35.7 Å². The molecule has 0 bridgehead atoms. The van der Waals surface area contributed by atoms with E-state index in [-0.39, 0.29) is 5.56 Å². The Morgan fingerprint density at radius 3 is 2.77 bits per heavy atom. The number of ether oxygens (including phenoxy) is 2. The quantitative estimate of drug-likeness (QED) is 0.559. The lowest BCUT2D eigenvalue weighted by Crippen LogP contribution is -2.20. The van der Waals surface area contributed by atoms with Crippen molar-refractivity contribution in [1.82, 2.24) is 10.4 Å². The van der Waals surface area contributed by atoms with E-state index in [1.54, 1.807) is 24.3 Å². The number of carbonyl (C=O) groups excluding carboxylic acids is 1. The van der Waals surface area contributed by atoms with Gasteiger partial charge in [0.15, 0.2) is 11.5 Å². The highest BCUT2D eigenvalue weighted by molar-refractivity contribution is 5.95. The fourth-order valence-electron chi connectivity index (χ4n) is 2.67. The normalized spacial score (nSPS) is 13.1. The molecule has 7 nitrogen and oxygen atoms in total. The van der Waals surface area contributed by atoms with Gasteiger partial charge in [-0.1, -0.05) is 18.2 Å². The molecular formula is C19H15N3O4. The molecule has 1 aliphatic heterocycles. The highest BCUT2D eigenvalue weighted by Crippen LogP contribution is 2.30. The second-order valence-electron chi connectivity index (χ2n) is 5.70. The standard InChI is InChI=1S/C19H15N3O4/c23-18-14(9-12-3-1-2-4-15(12)21-18)11-20-22-19(24)13-5-6-16-17(10-13)26-8-7-25-16/h1-6,9-11H,7-8H2,(H,21,23)(H,22,24)/b20-11-. The van der Waals surface area contributed by atoms with Crippen LogP contribution in [-0.2, 0) is 0 Å². The Labute approximate surface area is 148 Å². The molecule has 0 atom stereocenters. The van der Waals surface area contributed by atoms with Crippen LogP contribution in [0, 0.1) is 0 Å². The maximum absolute atomic E-state index is 12.2. The molecule has 3 aromatic rings. The molecule has 1 aliphatic rings. The van der Waals surface area contributed by atoms with Crippen molar-refractivity contribution in [2.24, 2.45) is 5.10 Å². The molecule has 130 valence electrons. The Balaban J connectivity index is 1.51. The Morgan fingerprint density at radius 1 is 1.08 bits per heavy atom. The summed E-state index contributed by atoms with van der Waals surface area (Å²) in [6.45, 7) is 0.935. The van der Waals surface area contributed by atoms with E-state index >= 15 is 0 Å². The lowest BCUT2D eigenvalue weighted by Gasteiger charge is -2.18. The molecular weight excluding hydrogens is 334 g/mol. The smallest absolute Gasteiger partial charge is 0.271 e. The van der Waals surface area contributed by atoms with Crippen molar-refractivity contribution in [3.05, 3.63) is 70.0 Å². The van der Waals surface area contributed by atoms with Crippen molar-refractivity contribution in [2.75, 3.05) is 13.2 Å². The molecule has 0 saturated heterocycles. The summed E-state index contributed by atoms with van der Waals surface area (Å²) in [6.07, 6.45) is 1.32. The molecule has 26 heavy (non-hydrogen) atoms. The molecule has 2 aromatic carbocycles. The molecule has 0 fully saturated rings. The van der Waals surface area contributed by atoms with Gasteiger partial charge in [0.25, 0.3) is 11.5 Å². The first-order chi connectivity index (χ1) is 12.7. The summed E-state index contributed by atoms with van der Waals surface area (Å²) in [4.78, 5) is 27.0. The number of aromatic amines is 1. The van der Waals surface area contributed by atoms with Gasteiger partial charge in [0.1, 0.15) is 13.2 Å². The van der Waals surface area contributed by atoms with Crippen LogP contribution < -0.4 is 20.5 Å². The first-order valence-electron chi connectivity index (χ1n) is 8.06. The van der Waals surface area contributed by atoms with E-state index in [0.29, 0.717) is 35.8 Å². The maximum atomic E-state index is 12.2. The van der Waals surface area contributed by atoms with E-state index in [0.717, 1.165) is 10.9 Å². The molecule has 0 saturated carbocycles. The zero-order valence-electron chi connectivity index (χ0n) is 13.7. The largest absolute Gasteiger partial charge is 0.486 e. The number of carbonyl (C=O) groups is 1. The van der Waals surface area contributed by atoms with Crippen LogP contribution >= 0.6 is 0 Å². The van der Waals surface area contributed by atoms with Crippen molar-refractivity contribution >= 4 is 23.0 Å². The zero-order chi connectivity index (χ0) is 17.9. The lowest BCUT2D eigenvalue weighted by molar-refractivity contribution is 0.0954. The average molecular weight is 349 g/mol. The fourth-order valence-corrected chi connectivity index (χ4v) is 2.67. The van der Waals surface area contributed by atoms with Gasteiger partial charge in [-0.15, -0.1) is 0 Å². The molecule has 0 unspecified atom stereocenters. The van der Waals surface area contributed by atoms with E-state index in [2.05, 4.69) is 15.5 Å². The molecule has 1 amide bonds. The van der Waals surface area contributed by atoms with Crippen LogP contribution in [0.2, 0.25) is 0 Å². The summed E-state index contributed by atoms with van der Waals surface area (Å²) in [6, 6.07) is 14.1. The summed E-state index contributed by atoms with van der Waals surface area (Å²) in [5.41, 5.74) is 3.62. The van der Waals surface area contributed by atoms with Gasteiger partial charge in [-0.25, -0.2) is 5.43 Å².